The van der Waals surface area contributed by atoms with Gasteiger partial charge >= 0.3 is 11.8 Å². The predicted octanol–water partition coefficient (Wildman–Crippen LogP) is 2.91. The van der Waals surface area contributed by atoms with Crippen LogP contribution in [0.25, 0.3) is 0 Å². The highest BCUT2D eigenvalue weighted by molar-refractivity contribution is 5.55. The predicted molar refractivity (Wildman–Crippen MR) is 48.6 cm³/mol. The van der Waals surface area contributed by atoms with Gasteiger partial charge in [-0.25, -0.2) is 0 Å². The number of nitrogens with zero attached hydrogens (tertiary/aromatic N) is 2. The van der Waals surface area contributed by atoms with E-state index < -0.39 is 11.8 Å². The molecule has 1 aromatic carbocycles. The van der Waals surface area contributed by atoms with Gasteiger partial charge in [0.25, 0.3) is 0 Å². The Morgan fingerprint density at radius 1 is 1.20 bits per heavy atom. The monoisotopic (exact) mass is 215 g/mol. The molecule has 1 aliphatic rings. The minimum absolute atomic E-state index is 0.0417. The highest BCUT2D eigenvalue weighted by Gasteiger charge is 2.65. The molecular weight excluding hydrogens is 207 g/mol. The lowest BCUT2D eigenvalue weighted by Crippen LogP contribution is -2.30. The summed E-state index contributed by atoms with van der Waals surface area (Å²) in [5, 5.41) is 8.98. The van der Waals surface area contributed by atoms with Crippen LogP contribution < -0.4 is 5.32 Å². The number of alkyl halides is 3. The molecule has 0 aliphatic carbocycles. The maximum absolute atomic E-state index is 12.7. The van der Waals surface area contributed by atoms with Crippen LogP contribution in [0.5, 0.6) is 0 Å². The van der Waals surface area contributed by atoms with E-state index in [0.717, 1.165) is 0 Å². The summed E-state index contributed by atoms with van der Waals surface area (Å²) in [6, 6.07) is 6.13. The Bertz CT molecular complexity index is 405. The van der Waals surface area contributed by atoms with E-state index in [0.29, 0.717) is 5.69 Å². The van der Waals surface area contributed by atoms with E-state index in [1.807, 2.05) is 0 Å². The third-order valence-electron chi connectivity index (χ3n) is 2.27. The van der Waals surface area contributed by atoms with Gasteiger partial charge in [0.2, 0.25) is 0 Å². The first kappa shape index (κ1) is 9.95. The Morgan fingerprint density at radius 2 is 1.80 bits per heavy atom. The van der Waals surface area contributed by atoms with Crippen molar-refractivity contribution in [1.29, 1.82) is 0 Å². The van der Waals surface area contributed by atoms with Crippen molar-refractivity contribution in [2.24, 2.45) is 10.2 Å². The normalized spacial score (nSPS) is 17.6. The Hall–Kier alpha value is -1.59. The molecule has 80 valence electrons. The van der Waals surface area contributed by atoms with Crippen LogP contribution >= 0.6 is 0 Å². The zero-order chi connectivity index (χ0) is 11.1. The summed E-state index contributed by atoms with van der Waals surface area (Å²) >= 11 is 0. The second-order valence-electron chi connectivity index (χ2n) is 3.17. The van der Waals surface area contributed by atoms with Crippen LogP contribution in [0.4, 0.5) is 18.9 Å². The second-order valence-corrected chi connectivity index (χ2v) is 3.17. The van der Waals surface area contributed by atoms with Gasteiger partial charge < -0.3 is 5.32 Å². The largest absolute Gasteiger partial charge is 0.442 e. The third-order valence-corrected chi connectivity index (χ3v) is 2.27. The topological polar surface area (TPSA) is 36.8 Å². The van der Waals surface area contributed by atoms with Crippen LogP contribution in [0, 0.1) is 0 Å². The number of hydrogen-bond acceptors (Lipinski definition) is 3. The summed E-state index contributed by atoms with van der Waals surface area (Å²) in [5.41, 5.74) is -1.91. The molecule has 0 amide bonds. The summed E-state index contributed by atoms with van der Waals surface area (Å²) < 4.78 is 38.0. The zero-order valence-electron chi connectivity index (χ0n) is 7.84. The SMILES string of the molecule is CNc1ccccc1C1(C(F)(F)F)N=N1. The number of anilines is 1. The fourth-order valence-electron chi connectivity index (χ4n) is 1.43. The minimum atomic E-state index is -4.47. The average molecular weight is 215 g/mol. The van der Waals surface area contributed by atoms with Crippen molar-refractivity contribution in [2.75, 3.05) is 12.4 Å². The first-order valence-corrected chi connectivity index (χ1v) is 4.29. The fourth-order valence-corrected chi connectivity index (χ4v) is 1.43. The Balaban J connectivity index is 2.46. The van der Waals surface area contributed by atoms with Crippen LogP contribution in [0.1, 0.15) is 5.56 Å². The summed E-state index contributed by atoms with van der Waals surface area (Å²) in [6.45, 7) is 0. The van der Waals surface area contributed by atoms with Crippen molar-refractivity contribution >= 4 is 5.69 Å². The van der Waals surface area contributed by atoms with Gasteiger partial charge in [-0.3, -0.25) is 0 Å². The van der Waals surface area contributed by atoms with E-state index >= 15 is 0 Å². The molecule has 0 radical (unpaired) electrons. The molecule has 2 rings (SSSR count). The maximum Gasteiger partial charge on any atom is 0.442 e. The zero-order valence-corrected chi connectivity index (χ0v) is 7.84. The van der Waals surface area contributed by atoms with Crippen molar-refractivity contribution in [3.8, 4) is 0 Å². The molecule has 1 N–H and O–H groups in total. The molecule has 0 fully saturated rings. The van der Waals surface area contributed by atoms with Gasteiger partial charge in [0.05, 0.1) is 0 Å². The lowest BCUT2D eigenvalue weighted by atomic mass is 10.0. The number of para-hydroxylation sites is 1. The molecule has 0 spiro atoms. The van der Waals surface area contributed by atoms with Gasteiger partial charge in [-0.15, -0.1) is 10.2 Å². The van der Waals surface area contributed by atoms with Gasteiger partial charge in [0.15, 0.2) is 0 Å². The van der Waals surface area contributed by atoms with Crippen molar-refractivity contribution in [3.05, 3.63) is 29.8 Å². The minimum Gasteiger partial charge on any atom is -0.388 e. The van der Waals surface area contributed by atoms with E-state index in [9.17, 15) is 13.2 Å². The van der Waals surface area contributed by atoms with Crippen molar-refractivity contribution < 1.29 is 13.2 Å². The molecule has 1 aliphatic heterocycles. The molecular formula is C9H8F3N3. The van der Waals surface area contributed by atoms with Crippen LogP contribution in [-0.4, -0.2) is 13.2 Å². The summed E-state index contributed by atoms with van der Waals surface area (Å²) in [5.74, 6) is 0. The lowest BCUT2D eigenvalue weighted by Gasteiger charge is -2.17. The third kappa shape index (κ3) is 1.36. The second kappa shape index (κ2) is 2.95. The van der Waals surface area contributed by atoms with Crippen LogP contribution in [0.15, 0.2) is 34.5 Å². The van der Waals surface area contributed by atoms with Crippen molar-refractivity contribution in [3.63, 3.8) is 0 Å². The molecule has 3 nitrogen and oxygen atoms in total. The van der Waals surface area contributed by atoms with Gasteiger partial charge in [0, 0.05) is 18.3 Å². The molecule has 1 aromatic rings. The molecule has 6 heteroatoms. The summed E-state index contributed by atoms with van der Waals surface area (Å²) in [7, 11) is 1.56. The number of nitrogens with one attached hydrogen (secondary N) is 1. The Morgan fingerprint density at radius 3 is 2.27 bits per heavy atom. The fraction of sp³-hybridized carbons (Fsp3) is 0.333. The Labute approximate surface area is 84.0 Å². The molecule has 0 saturated carbocycles. The van der Waals surface area contributed by atoms with E-state index in [1.54, 1.807) is 19.2 Å². The van der Waals surface area contributed by atoms with Gasteiger partial charge in [-0.05, 0) is 6.07 Å². The summed E-state index contributed by atoms with van der Waals surface area (Å²) in [6.07, 6.45) is -4.47. The van der Waals surface area contributed by atoms with Crippen LogP contribution in [0.3, 0.4) is 0 Å². The molecule has 15 heavy (non-hydrogen) atoms. The highest BCUT2D eigenvalue weighted by Crippen LogP contribution is 2.54. The van der Waals surface area contributed by atoms with Crippen molar-refractivity contribution in [1.82, 2.24) is 0 Å². The van der Waals surface area contributed by atoms with E-state index in [1.165, 1.54) is 12.1 Å². The smallest absolute Gasteiger partial charge is 0.388 e. The van der Waals surface area contributed by atoms with Gasteiger partial charge in [0.1, 0.15) is 0 Å². The van der Waals surface area contributed by atoms with Gasteiger partial charge in [-0.1, -0.05) is 18.2 Å². The first-order chi connectivity index (χ1) is 7.01. The molecule has 0 unspecified atom stereocenters. The molecule has 0 aromatic heterocycles. The van der Waals surface area contributed by atoms with E-state index in [-0.39, 0.29) is 5.56 Å². The first-order valence-electron chi connectivity index (χ1n) is 4.29. The average Bonchev–Trinajstić information content (AvgIpc) is 2.97. The molecule has 0 atom stereocenters. The van der Waals surface area contributed by atoms with E-state index in [2.05, 4.69) is 15.5 Å². The summed E-state index contributed by atoms with van der Waals surface area (Å²) in [4.78, 5) is 0. The quantitative estimate of drug-likeness (QED) is 0.809. The number of rotatable bonds is 2. The highest BCUT2D eigenvalue weighted by atomic mass is 19.4. The van der Waals surface area contributed by atoms with E-state index in [4.69, 9.17) is 0 Å². The number of halogens is 3. The van der Waals surface area contributed by atoms with Gasteiger partial charge in [-0.2, -0.15) is 13.2 Å². The molecule has 1 heterocycles. The molecule has 0 bridgehead atoms. The Kier molecular flexibility index (Phi) is 1.95. The van der Waals surface area contributed by atoms with Crippen LogP contribution in [-0.2, 0) is 5.66 Å². The standard InChI is InChI=1S/C9H8F3N3/c1-13-7-5-3-2-4-6(7)8(14-15-8)9(10,11)12/h2-5,13H,1H3. The number of hydrogen-bond donors (Lipinski definition) is 1. The maximum atomic E-state index is 12.7. The van der Waals surface area contributed by atoms with Crippen LogP contribution in [0.2, 0.25) is 0 Å². The number of benzene rings is 1. The molecule has 0 saturated heterocycles. The lowest BCUT2D eigenvalue weighted by molar-refractivity contribution is -0.165. The van der Waals surface area contributed by atoms with Crippen molar-refractivity contribution in [2.45, 2.75) is 11.8 Å².